The molecule has 1 aliphatic heterocycles. The molecule has 0 spiro atoms. The van der Waals surface area contributed by atoms with Crippen molar-refractivity contribution >= 4 is 28.6 Å². The Morgan fingerprint density at radius 2 is 1.85 bits per heavy atom. The Morgan fingerprint density at radius 1 is 1.08 bits per heavy atom. The number of rotatable bonds is 4. The van der Waals surface area contributed by atoms with Crippen LogP contribution in [0.5, 0.6) is 0 Å². The standard InChI is InChI=1S/C21H22N4O/c1-16-14-21(23-20-5-3-2-4-19(16)20)24-22-15-17-6-8-18(9-7-17)25-10-12-26-13-11-25/h2-9,14-15H,10-13H2,1H3,(H,23,24)/b22-15+. The van der Waals surface area contributed by atoms with Gasteiger partial charge in [-0.3, -0.25) is 5.43 Å². The van der Waals surface area contributed by atoms with Crippen LogP contribution in [0.4, 0.5) is 11.5 Å². The summed E-state index contributed by atoms with van der Waals surface area (Å²) in [6, 6.07) is 18.6. The summed E-state index contributed by atoms with van der Waals surface area (Å²) in [7, 11) is 0. The van der Waals surface area contributed by atoms with E-state index in [1.54, 1.807) is 0 Å². The number of aromatic nitrogens is 1. The van der Waals surface area contributed by atoms with Crippen LogP contribution in [0.2, 0.25) is 0 Å². The average molecular weight is 346 g/mol. The number of para-hydroxylation sites is 1. The number of hydrogen-bond donors (Lipinski definition) is 1. The minimum Gasteiger partial charge on any atom is -0.378 e. The minimum atomic E-state index is 0.752. The van der Waals surface area contributed by atoms with Gasteiger partial charge in [0.2, 0.25) is 0 Å². The molecule has 1 N–H and O–H groups in total. The van der Waals surface area contributed by atoms with E-state index >= 15 is 0 Å². The van der Waals surface area contributed by atoms with E-state index in [1.807, 2.05) is 30.5 Å². The third kappa shape index (κ3) is 3.68. The zero-order valence-electron chi connectivity index (χ0n) is 14.9. The second-order valence-corrected chi connectivity index (χ2v) is 6.40. The Bertz CT molecular complexity index is 915. The van der Waals surface area contributed by atoms with Gasteiger partial charge in [-0.15, -0.1) is 0 Å². The van der Waals surface area contributed by atoms with Crippen LogP contribution in [0.3, 0.4) is 0 Å². The molecule has 0 radical (unpaired) electrons. The molecule has 5 nitrogen and oxygen atoms in total. The maximum Gasteiger partial charge on any atom is 0.147 e. The molecule has 1 saturated heterocycles. The Hall–Kier alpha value is -2.92. The van der Waals surface area contributed by atoms with Gasteiger partial charge in [-0.2, -0.15) is 5.10 Å². The molecular formula is C21H22N4O. The van der Waals surface area contributed by atoms with Crippen LogP contribution >= 0.6 is 0 Å². The third-order valence-electron chi connectivity index (χ3n) is 4.59. The number of nitrogens with zero attached hydrogens (tertiary/aromatic N) is 3. The highest BCUT2D eigenvalue weighted by molar-refractivity contribution is 5.84. The number of hydrazone groups is 1. The molecule has 26 heavy (non-hydrogen) atoms. The van der Waals surface area contributed by atoms with Gasteiger partial charge in [0.05, 0.1) is 24.9 Å². The predicted octanol–water partition coefficient (Wildman–Crippen LogP) is 3.83. The lowest BCUT2D eigenvalue weighted by molar-refractivity contribution is 0.122. The first-order chi connectivity index (χ1) is 12.8. The number of nitrogens with one attached hydrogen (secondary N) is 1. The number of pyridine rings is 1. The highest BCUT2D eigenvalue weighted by Crippen LogP contribution is 2.20. The molecule has 132 valence electrons. The summed E-state index contributed by atoms with van der Waals surface area (Å²) in [6.45, 7) is 5.57. The number of benzene rings is 2. The van der Waals surface area contributed by atoms with Crippen molar-refractivity contribution in [2.75, 3.05) is 36.6 Å². The van der Waals surface area contributed by atoms with E-state index in [0.717, 1.165) is 43.2 Å². The number of morpholine rings is 1. The van der Waals surface area contributed by atoms with Gasteiger partial charge < -0.3 is 9.64 Å². The Kier molecular flexibility index (Phi) is 4.80. The number of ether oxygens (including phenoxy) is 1. The SMILES string of the molecule is Cc1cc(N/N=C/c2ccc(N3CCOCC3)cc2)nc2ccccc12. The Balaban J connectivity index is 1.43. The molecule has 0 aliphatic carbocycles. The zero-order chi connectivity index (χ0) is 17.8. The molecule has 4 rings (SSSR count). The van der Waals surface area contributed by atoms with Crippen molar-refractivity contribution in [3.63, 3.8) is 0 Å². The van der Waals surface area contributed by atoms with E-state index in [9.17, 15) is 0 Å². The summed E-state index contributed by atoms with van der Waals surface area (Å²) in [5.74, 6) is 0.752. The first-order valence-electron chi connectivity index (χ1n) is 8.88. The number of aryl methyl sites for hydroxylation is 1. The molecule has 0 unspecified atom stereocenters. The summed E-state index contributed by atoms with van der Waals surface area (Å²) < 4.78 is 5.40. The molecule has 2 aromatic carbocycles. The van der Waals surface area contributed by atoms with E-state index < -0.39 is 0 Å². The molecule has 0 bridgehead atoms. The van der Waals surface area contributed by atoms with Gasteiger partial charge in [-0.25, -0.2) is 4.98 Å². The van der Waals surface area contributed by atoms with Crippen LogP contribution in [0.25, 0.3) is 10.9 Å². The first-order valence-corrected chi connectivity index (χ1v) is 8.88. The van der Waals surface area contributed by atoms with Crippen LogP contribution in [-0.4, -0.2) is 37.5 Å². The van der Waals surface area contributed by atoms with Crippen molar-refractivity contribution in [1.82, 2.24) is 4.98 Å². The maximum absolute atomic E-state index is 5.40. The van der Waals surface area contributed by atoms with Gasteiger partial charge in [-0.1, -0.05) is 30.3 Å². The Labute approximate surface area is 153 Å². The summed E-state index contributed by atoms with van der Waals surface area (Å²) >= 11 is 0. The van der Waals surface area contributed by atoms with Gasteiger partial charge in [-0.05, 0) is 42.3 Å². The fraction of sp³-hybridized carbons (Fsp3) is 0.238. The van der Waals surface area contributed by atoms with Crippen LogP contribution in [0, 0.1) is 6.92 Å². The van der Waals surface area contributed by atoms with Gasteiger partial charge in [0.15, 0.2) is 0 Å². The topological polar surface area (TPSA) is 49.8 Å². The van der Waals surface area contributed by atoms with Crippen molar-refractivity contribution in [3.05, 3.63) is 65.7 Å². The lowest BCUT2D eigenvalue weighted by Gasteiger charge is -2.28. The largest absolute Gasteiger partial charge is 0.378 e. The normalized spacial score (nSPS) is 14.9. The lowest BCUT2D eigenvalue weighted by atomic mass is 10.1. The van der Waals surface area contributed by atoms with E-state index in [1.165, 1.54) is 16.6 Å². The number of fused-ring (bicyclic) bond motifs is 1. The summed E-state index contributed by atoms with van der Waals surface area (Å²) in [5, 5.41) is 5.50. The van der Waals surface area contributed by atoms with Crippen LogP contribution in [-0.2, 0) is 4.74 Å². The monoisotopic (exact) mass is 346 g/mol. The molecule has 1 aromatic heterocycles. The molecule has 2 heterocycles. The molecule has 1 aliphatic rings. The average Bonchev–Trinajstić information content (AvgIpc) is 2.69. The highest BCUT2D eigenvalue weighted by Gasteiger charge is 2.10. The summed E-state index contributed by atoms with van der Waals surface area (Å²) in [4.78, 5) is 6.94. The zero-order valence-corrected chi connectivity index (χ0v) is 14.9. The molecule has 0 atom stereocenters. The van der Waals surface area contributed by atoms with Gasteiger partial charge in [0.1, 0.15) is 5.82 Å². The fourth-order valence-electron chi connectivity index (χ4n) is 3.17. The first kappa shape index (κ1) is 16.5. The number of hydrogen-bond acceptors (Lipinski definition) is 5. The smallest absolute Gasteiger partial charge is 0.147 e. The van der Waals surface area contributed by atoms with Crippen LogP contribution < -0.4 is 10.3 Å². The second kappa shape index (κ2) is 7.54. The fourth-order valence-corrected chi connectivity index (χ4v) is 3.17. The van der Waals surface area contributed by atoms with Gasteiger partial charge in [0.25, 0.3) is 0 Å². The predicted molar refractivity (Wildman–Crippen MR) is 107 cm³/mol. The van der Waals surface area contributed by atoms with E-state index in [2.05, 4.69) is 57.7 Å². The number of anilines is 2. The van der Waals surface area contributed by atoms with Crippen LogP contribution in [0.15, 0.2) is 59.7 Å². The molecule has 0 amide bonds. The molecule has 0 saturated carbocycles. The molecule has 1 fully saturated rings. The summed E-state index contributed by atoms with van der Waals surface area (Å²) in [5.41, 5.74) is 7.47. The van der Waals surface area contributed by atoms with Crippen molar-refractivity contribution in [1.29, 1.82) is 0 Å². The quantitative estimate of drug-likeness (QED) is 0.576. The summed E-state index contributed by atoms with van der Waals surface area (Å²) in [6.07, 6.45) is 1.81. The van der Waals surface area contributed by atoms with Gasteiger partial charge >= 0.3 is 0 Å². The van der Waals surface area contributed by atoms with E-state index in [0.29, 0.717) is 0 Å². The molecular weight excluding hydrogens is 324 g/mol. The maximum atomic E-state index is 5.40. The van der Waals surface area contributed by atoms with Crippen molar-refractivity contribution < 1.29 is 4.74 Å². The van der Waals surface area contributed by atoms with E-state index in [4.69, 9.17) is 4.74 Å². The lowest BCUT2D eigenvalue weighted by Crippen LogP contribution is -2.36. The molecule has 3 aromatic rings. The Morgan fingerprint density at radius 3 is 2.65 bits per heavy atom. The van der Waals surface area contributed by atoms with Crippen molar-refractivity contribution in [2.45, 2.75) is 6.92 Å². The molecule has 5 heteroatoms. The second-order valence-electron chi connectivity index (χ2n) is 6.40. The van der Waals surface area contributed by atoms with Gasteiger partial charge in [0, 0.05) is 24.2 Å². The third-order valence-corrected chi connectivity index (χ3v) is 4.59. The highest BCUT2D eigenvalue weighted by atomic mass is 16.5. The van der Waals surface area contributed by atoms with E-state index in [-0.39, 0.29) is 0 Å². The minimum absolute atomic E-state index is 0.752. The van der Waals surface area contributed by atoms with Crippen molar-refractivity contribution in [2.24, 2.45) is 5.10 Å². The van der Waals surface area contributed by atoms with Crippen LogP contribution in [0.1, 0.15) is 11.1 Å². The van der Waals surface area contributed by atoms with Crippen molar-refractivity contribution in [3.8, 4) is 0 Å².